The molecular weight excluding hydrogens is 254 g/mol. The van der Waals surface area contributed by atoms with E-state index in [1.165, 1.54) is 37.0 Å². The first kappa shape index (κ1) is 11.3. The quantitative estimate of drug-likeness (QED) is 0.862. The van der Waals surface area contributed by atoms with Crippen molar-refractivity contribution < 1.29 is 0 Å². The van der Waals surface area contributed by atoms with E-state index in [4.69, 9.17) is 0 Å². The molecule has 1 aliphatic carbocycles. The van der Waals surface area contributed by atoms with E-state index >= 15 is 0 Å². The molecule has 0 radical (unpaired) electrons. The van der Waals surface area contributed by atoms with Gasteiger partial charge in [0, 0.05) is 16.7 Å². The van der Waals surface area contributed by atoms with Crippen LogP contribution >= 0.6 is 23.1 Å². The fraction of sp³-hybridized carbons (Fsp3) is 0.636. The van der Waals surface area contributed by atoms with Crippen molar-refractivity contribution >= 4 is 28.3 Å². The highest BCUT2D eigenvalue weighted by atomic mass is 32.2. The lowest BCUT2D eigenvalue weighted by atomic mass is 10.0. The number of aromatic nitrogens is 1. The van der Waals surface area contributed by atoms with Crippen molar-refractivity contribution in [2.24, 2.45) is 4.99 Å². The molecule has 6 heteroatoms. The number of thioether (sulfide) groups is 1. The van der Waals surface area contributed by atoms with Gasteiger partial charge >= 0.3 is 4.87 Å². The molecule has 2 heterocycles. The molecule has 3 rings (SSSR count). The molecular formula is C11H15N3OS2. The molecule has 1 aromatic rings. The highest BCUT2D eigenvalue weighted by molar-refractivity contribution is 8.14. The summed E-state index contributed by atoms with van der Waals surface area (Å²) in [6, 6.07) is 0. The largest absolute Gasteiger partial charge is 0.359 e. The number of aromatic amines is 1. The van der Waals surface area contributed by atoms with Gasteiger partial charge in [-0.2, -0.15) is 0 Å². The lowest BCUT2D eigenvalue weighted by Gasteiger charge is -2.21. The molecule has 1 aliphatic heterocycles. The van der Waals surface area contributed by atoms with Crippen molar-refractivity contribution in [3.8, 4) is 0 Å². The van der Waals surface area contributed by atoms with Crippen LogP contribution in [-0.4, -0.2) is 21.4 Å². The molecule has 92 valence electrons. The lowest BCUT2D eigenvalue weighted by Crippen LogP contribution is -2.40. The first-order valence-corrected chi connectivity index (χ1v) is 7.74. The average molecular weight is 269 g/mol. The molecule has 17 heavy (non-hydrogen) atoms. The summed E-state index contributed by atoms with van der Waals surface area (Å²) in [5, 5.41) is 6.45. The second-order valence-electron chi connectivity index (χ2n) is 4.70. The van der Waals surface area contributed by atoms with E-state index in [0.717, 1.165) is 16.6 Å². The van der Waals surface area contributed by atoms with Gasteiger partial charge in [0.05, 0.1) is 12.2 Å². The number of thiazole rings is 1. The number of nitrogens with zero attached hydrogens (tertiary/aromatic N) is 1. The Kier molecular flexibility index (Phi) is 3.00. The molecule has 1 aromatic heterocycles. The van der Waals surface area contributed by atoms with Gasteiger partial charge in [-0.25, -0.2) is 0 Å². The van der Waals surface area contributed by atoms with Crippen LogP contribution in [0.3, 0.4) is 0 Å². The Labute approximate surface area is 108 Å². The smallest absolute Gasteiger partial charge is 0.304 e. The molecule has 1 saturated heterocycles. The number of H-pyrrole nitrogens is 1. The zero-order valence-corrected chi connectivity index (χ0v) is 11.1. The van der Waals surface area contributed by atoms with Crippen molar-refractivity contribution in [1.82, 2.24) is 10.3 Å². The second-order valence-corrected chi connectivity index (χ2v) is 6.50. The average Bonchev–Trinajstić information content (AvgIpc) is 3.01. The monoisotopic (exact) mass is 269 g/mol. The van der Waals surface area contributed by atoms with Gasteiger partial charge in [0.2, 0.25) is 0 Å². The zero-order chi connectivity index (χ0) is 11.7. The van der Waals surface area contributed by atoms with E-state index in [1.807, 2.05) is 17.1 Å². The van der Waals surface area contributed by atoms with Crippen molar-refractivity contribution in [2.45, 2.75) is 37.8 Å². The maximum Gasteiger partial charge on any atom is 0.304 e. The summed E-state index contributed by atoms with van der Waals surface area (Å²) >= 11 is 3.01. The van der Waals surface area contributed by atoms with Crippen LogP contribution in [0.5, 0.6) is 0 Å². The summed E-state index contributed by atoms with van der Waals surface area (Å²) in [6.07, 6.45) is 5.21. The van der Waals surface area contributed by atoms with Crippen LogP contribution in [0, 0.1) is 0 Å². The Morgan fingerprint density at radius 3 is 2.94 bits per heavy atom. The highest BCUT2D eigenvalue weighted by Gasteiger charge is 2.39. The van der Waals surface area contributed by atoms with E-state index in [2.05, 4.69) is 15.3 Å². The maximum atomic E-state index is 11.0. The third-order valence-electron chi connectivity index (χ3n) is 3.38. The fourth-order valence-corrected chi connectivity index (χ4v) is 4.25. The number of nitrogens with one attached hydrogen (secondary N) is 2. The van der Waals surface area contributed by atoms with Crippen LogP contribution in [0.2, 0.25) is 0 Å². The Morgan fingerprint density at radius 1 is 1.41 bits per heavy atom. The molecule has 2 aliphatic rings. The van der Waals surface area contributed by atoms with Crippen LogP contribution in [0.1, 0.15) is 31.4 Å². The minimum absolute atomic E-state index is 0.000465. The van der Waals surface area contributed by atoms with Crippen molar-refractivity contribution in [2.75, 3.05) is 5.75 Å². The summed E-state index contributed by atoms with van der Waals surface area (Å²) in [6.45, 7) is 0.574. The van der Waals surface area contributed by atoms with Crippen LogP contribution < -0.4 is 10.2 Å². The number of aliphatic imine (C=N–C) groups is 1. The zero-order valence-electron chi connectivity index (χ0n) is 9.49. The van der Waals surface area contributed by atoms with Gasteiger partial charge in [0.25, 0.3) is 0 Å². The molecule has 0 amide bonds. The summed E-state index contributed by atoms with van der Waals surface area (Å²) in [7, 11) is 0. The van der Waals surface area contributed by atoms with E-state index in [-0.39, 0.29) is 4.87 Å². The number of rotatable bonds is 2. The van der Waals surface area contributed by atoms with Crippen molar-refractivity contribution in [1.29, 1.82) is 0 Å². The molecule has 1 saturated carbocycles. The van der Waals surface area contributed by atoms with Crippen LogP contribution in [0.4, 0.5) is 0 Å². The Balaban J connectivity index is 1.64. The summed E-state index contributed by atoms with van der Waals surface area (Å²) in [5.74, 6) is 1.14. The van der Waals surface area contributed by atoms with Gasteiger partial charge in [0.15, 0.2) is 5.17 Å². The molecule has 2 N–H and O–H groups in total. The summed E-state index contributed by atoms with van der Waals surface area (Å²) < 4.78 is 0. The molecule has 2 fully saturated rings. The van der Waals surface area contributed by atoms with Crippen molar-refractivity contribution in [3.63, 3.8) is 0 Å². The Morgan fingerprint density at radius 2 is 2.24 bits per heavy atom. The summed E-state index contributed by atoms with van der Waals surface area (Å²) in [5.41, 5.74) is 1.23. The first-order chi connectivity index (χ1) is 8.26. The standard InChI is InChI=1S/C11H15N3OS2/c15-10-13-8(6-16-10)5-12-9-14-11(7-17-9)3-1-2-4-11/h6H,1-5,7H2,(H,12,14)(H,13,15). The molecule has 0 aromatic carbocycles. The molecule has 4 nitrogen and oxygen atoms in total. The number of hydrogen-bond donors (Lipinski definition) is 2. The van der Waals surface area contributed by atoms with Gasteiger partial charge in [-0.05, 0) is 12.8 Å². The van der Waals surface area contributed by atoms with Gasteiger partial charge in [0.1, 0.15) is 0 Å². The van der Waals surface area contributed by atoms with E-state index in [0.29, 0.717) is 12.1 Å². The van der Waals surface area contributed by atoms with Gasteiger partial charge in [-0.3, -0.25) is 9.79 Å². The normalized spacial score (nSPS) is 24.6. The minimum Gasteiger partial charge on any atom is -0.359 e. The van der Waals surface area contributed by atoms with Gasteiger partial charge in [-0.15, -0.1) is 0 Å². The third kappa shape index (κ3) is 2.42. The van der Waals surface area contributed by atoms with Crippen LogP contribution in [0.25, 0.3) is 0 Å². The molecule has 1 spiro atoms. The Hall–Kier alpha value is -0.750. The Bertz CT molecular complexity index is 485. The lowest BCUT2D eigenvalue weighted by molar-refractivity contribution is 0.452. The van der Waals surface area contributed by atoms with Gasteiger partial charge < -0.3 is 10.3 Å². The third-order valence-corrected chi connectivity index (χ3v) is 5.30. The molecule has 0 atom stereocenters. The van der Waals surface area contributed by atoms with E-state index < -0.39 is 0 Å². The summed E-state index contributed by atoms with van der Waals surface area (Å²) in [4.78, 5) is 18.3. The van der Waals surface area contributed by atoms with Crippen LogP contribution in [-0.2, 0) is 6.54 Å². The predicted molar refractivity (Wildman–Crippen MR) is 72.9 cm³/mol. The maximum absolute atomic E-state index is 11.0. The first-order valence-electron chi connectivity index (χ1n) is 5.88. The van der Waals surface area contributed by atoms with Crippen molar-refractivity contribution in [3.05, 3.63) is 20.7 Å². The second kappa shape index (κ2) is 4.49. The van der Waals surface area contributed by atoms with Gasteiger partial charge in [-0.1, -0.05) is 35.9 Å². The fourth-order valence-electron chi connectivity index (χ4n) is 2.46. The topological polar surface area (TPSA) is 57.2 Å². The molecule has 0 bridgehead atoms. The molecule has 0 unspecified atom stereocenters. The predicted octanol–water partition coefficient (Wildman–Crippen LogP) is 1.94. The number of hydrogen-bond acceptors (Lipinski definition) is 4. The number of amidine groups is 1. The van der Waals surface area contributed by atoms with Crippen LogP contribution in [0.15, 0.2) is 15.2 Å². The minimum atomic E-state index is -0.000465. The van der Waals surface area contributed by atoms with E-state index in [1.54, 1.807) is 0 Å². The van der Waals surface area contributed by atoms with E-state index in [9.17, 15) is 4.79 Å². The SMILES string of the molecule is O=c1[nH]c(CN=C2NC3(CCCC3)CS2)cs1. The highest BCUT2D eigenvalue weighted by Crippen LogP contribution is 2.37.